The van der Waals surface area contributed by atoms with Crippen molar-refractivity contribution in [3.05, 3.63) is 0 Å². The van der Waals surface area contributed by atoms with E-state index in [0.717, 1.165) is 0 Å². The van der Waals surface area contributed by atoms with E-state index in [-0.39, 0.29) is 0 Å². The van der Waals surface area contributed by atoms with Crippen LogP contribution in [0.25, 0.3) is 0 Å². The maximum absolute atomic E-state index is 10.3. The first-order chi connectivity index (χ1) is 6.10. The SMILES string of the molecule is COC(CCNC(N)=O)(OC)OC. The van der Waals surface area contributed by atoms with Gasteiger partial charge in [0.1, 0.15) is 0 Å². The number of rotatable bonds is 6. The number of primary amides is 1. The highest BCUT2D eigenvalue weighted by Crippen LogP contribution is 2.15. The fourth-order valence-electron chi connectivity index (χ4n) is 0.895. The minimum Gasteiger partial charge on any atom is -0.352 e. The van der Waals surface area contributed by atoms with Gasteiger partial charge in [0.25, 0.3) is 5.97 Å². The zero-order valence-corrected chi connectivity index (χ0v) is 8.12. The highest BCUT2D eigenvalue weighted by Gasteiger charge is 2.28. The van der Waals surface area contributed by atoms with E-state index in [0.29, 0.717) is 13.0 Å². The van der Waals surface area contributed by atoms with Crippen LogP contribution in [0.15, 0.2) is 0 Å². The Morgan fingerprint density at radius 3 is 2.08 bits per heavy atom. The Hall–Kier alpha value is -0.850. The fraction of sp³-hybridized carbons (Fsp3) is 0.857. The van der Waals surface area contributed by atoms with E-state index in [1.165, 1.54) is 21.3 Å². The van der Waals surface area contributed by atoms with Gasteiger partial charge >= 0.3 is 6.03 Å². The Morgan fingerprint density at radius 1 is 1.31 bits per heavy atom. The summed E-state index contributed by atoms with van der Waals surface area (Å²) in [5.74, 6) is -1.11. The normalized spacial score (nSPS) is 11.3. The number of ether oxygens (including phenoxy) is 3. The summed E-state index contributed by atoms with van der Waals surface area (Å²) in [4.78, 5) is 10.3. The van der Waals surface area contributed by atoms with Gasteiger partial charge < -0.3 is 25.3 Å². The van der Waals surface area contributed by atoms with Gasteiger partial charge in [-0.1, -0.05) is 0 Å². The standard InChI is InChI=1S/C7H16N2O4/c1-11-7(12-2,13-3)4-5-9-6(8)10/h4-5H2,1-3H3,(H3,8,9,10). The summed E-state index contributed by atoms with van der Waals surface area (Å²) in [5.41, 5.74) is 4.87. The number of urea groups is 1. The topological polar surface area (TPSA) is 82.8 Å². The molecule has 6 nitrogen and oxygen atoms in total. The predicted octanol–water partition coefficient (Wildman–Crippen LogP) is -0.362. The van der Waals surface area contributed by atoms with Crippen LogP contribution in [0, 0.1) is 0 Å². The monoisotopic (exact) mass is 192 g/mol. The van der Waals surface area contributed by atoms with Crippen LogP contribution >= 0.6 is 0 Å². The zero-order valence-electron chi connectivity index (χ0n) is 8.12. The highest BCUT2D eigenvalue weighted by atomic mass is 16.9. The quantitative estimate of drug-likeness (QED) is 0.563. The number of hydrogen-bond acceptors (Lipinski definition) is 4. The van der Waals surface area contributed by atoms with E-state index in [1.54, 1.807) is 0 Å². The first-order valence-corrected chi connectivity index (χ1v) is 3.79. The predicted molar refractivity (Wildman–Crippen MR) is 46.0 cm³/mol. The number of carbonyl (C=O) groups is 1. The Balaban J connectivity index is 3.88. The van der Waals surface area contributed by atoms with Gasteiger partial charge in [0.15, 0.2) is 0 Å². The second kappa shape index (κ2) is 5.74. The number of methoxy groups -OCH3 is 3. The van der Waals surface area contributed by atoms with Crippen LogP contribution in [0.4, 0.5) is 4.79 Å². The van der Waals surface area contributed by atoms with E-state index >= 15 is 0 Å². The lowest BCUT2D eigenvalue weighted by Gasteiger charge is -2.28. The Labute approximate surface area is 77.3 Å². The molecule has 0 saturated carbocycles. The van der Waals surface area contributed by atoms with Crippen LogP contribution in [0.2, 0.25) is 0 Å². The molecule has 0 heterocycles. The van der Waals surface area contributed by atoms with Gasteiger partial charge in [-0.05, 0) is 0 Å². The van der Waals surface area contributed by atoms with Gasteiger partial charge in [-0.2, -0.15) is 0 Å². The van der Waals surface area contributed by atoms with Gasteiger partial charge in [0.2, 0.25) is 0 Å². The Bertz CT molecular complexity index is 150. The van der Waals surface area contributed by atoms with E-state index in [2.05, 4.69) is 5.32 Å². The molecule has 3 N–H and O–H groups in total. The molecule has 13 heavy (non-hydrogen) atoms. The van der Waals surface area contributed by atoms with Crippen molar-refractivity contribution in [2.45, 2.75) is 12.4 Å². The van der Waals surface area contributed by atoms with E-state index < -0.39 is 12.0 Å². The summed E-state index contributed by atoms with van der Waals surface area (Å²) >= 11 is 0. The smallest absolute Gasteiger partial charge is 0.312 e. The molecule has 0 unspecified atom stereocenters. The molecular weight excluding hydrogens is 176 g/mol. The van der Waals surface area contributed by atoms with Crippen molar-refractivity contribution < 1.29 is 19.0 Å². The highest BCUT2D eigenvalue weighted by molar-refractivity contribution is 5.71. The summed E-state index contributed by atoms with van der Waals surface area (Å²) in [7, 11) is 4.37. The first-order valence-electron chi connectivity index (χ1n) is 3.79. The Morgan fingerprint density at radius 2 is 1.77 bits per heavy atom. The van der Waals surface area contributed by atoms with Gasteiger partial charge in [0.05, 0.1) is 0 Å². The molecule has 0 bridgehead atoms. The van der Waals surface area contributed by atoms with E-state index in [4.69, 9.17) is 19.9 Å². The molecule has 2 amide bonds. The molecule has 0 rings (SSSR count). The maximum atomic E-state index is 10.3. The molecule has 0 aliphatic rings. The van der Waals surface area contributed by atoms with Crippen molar-refractivity contribution in [2.24, 2.45) is 5.73 Å². The van der Waals surface area contributed by atoms with Crippen molar-refractivity contribution in [2.75, 3.05) is 27.9 Å². The van der Waals surface area contributed by atoms with Crippen molar-refractivity contribution in [3.8, 4) is 0 Å². The summed E-state index contributed by atoms with van der Waals surface area (Å²) in [6.45, 7) is 0.324. The lowest BCUT2D eigenvalue weighted by Crippen LogP contribution is -2.41. The third-order valence-corrected chi connectivity index (χ3v) is 1.66. The molecule has 0 aliphatic heterocycles. The molecule has 0 spiro atoms. The third-order valence-electron chi connectivity index (χ3n) is 1.66. The molecule has 0 fully saturated rings. The van der Waals surface area contributed by atoms with Crippen molar-refractivity contribution in [1.29, 1.82) is 0 Å². The molecule has 0 aliphatic carbocycles. The Kier molecular flexibility index (Phi) is 5.36. The van der Waals surface area contributed by atoms with Gasteiger partial charge in [0, 0.05) is 34.3 Å². The van der Waals surface area contributed by atoms with Crippen LogP contribution in [0.5, 0.6) is 0 Å². The van der Waals surface area contributed by atoms with Gasteiger partial charge in [-0.3, -0.25) is 0 Å². The average Bonchev–Trinajstić information content (AvgIpc) is 2.13. The minimum atomic E-state index is -1.11. The second-order valence-electron chi connectivity index (χ2n) is 2.34. The summed E-state index contributed by atoms with van der Waals surface area (Å²) in [5, 5.41) is 2.40. The molecule has 0 aromatic carbocycles. The zero-order chi connectivity index (χ0) is 10.3. The first kappa shape index (κ1) is 12.2. The number of nitrogens with two attached hydrogens (primary N) is 1. The minimum absolute atomic E-state index is 0.324. The molecule has 0 atom stereocenters. The van der Waals surface area contributed by atoms with Crippen LogP contribution in [0.1, 0.15) is 6.42 Å². The average molecular weight is 192 g/mol. The van der Waals surface area contributed by atoms with Crippen molar-refractivity contribution in [3.63, 3.8) is 0 Å². The van der Waals surface area contributed by atoms with Crippen molar-refractivity contribution in [1.82, 2.24) is 5.32 Å². The third kappa shape index (κ3) is 4.07. The second-order valence-corrected chi connectivity index (χ2v) is 2.34. The summed E-state index contributed by atoms with van der Waals surface area (Å²) < 4.78 is 14.9. The molecule has 0 aromatic rings. The maximum Gasteiger partial charge on any atom is 0.312 e. The van der Waals surface area contributed by atoms with Crippen LogP contribution in [0.3, 0.4) is 0 Å². The largest absolute Gasteiger partial charge is 0.352 e. The number of amides is 2. The molecular formula is C7H16N2O4. The molecule has 6 heteroatoms. The number of carbonyl (C=O) groups excluding carboxylic acids is 1. The number of hydrogen-bond donors (Lipinski definition) is 2. The van der Waals surface area contributed by atoms with Crippen molar-refractivity contribution >= 4 is 6.03 Å². The van der Waals surface area contributed by atoms with Crippen LogP contribution in [-0.2, 0) is 14.2 Å². The van der Waals surface area contributed by atoms with E-state index in [1.807, 2.05) is 0 Å². The summed E-state index contributed by atoms with van der Waals surface area (Å²) in [6, 6.07) is -0.586. The van der Waals surface area contributed by atoms with Gasteiger partial charge in [-0.15, -0.1) is 0 Å². The fourth-order valence-corrected chi connectivity index (χ4v) is 0.895. The number of nitrogens with one attached hydrogen (secondary N) is 1. The molecule has 0 aromatic heterocycles. The lowest BCUT2D eigenvalue weighted by atomic mass is 10.3. The van der Waals surface area contributed by atoms with Crippen LogP contribution in [-0.4, -0.2) is 39.9 Å². The summed E-state index contributed by atoms with van der Waals surface area (Å²) in [6.07, 6.45) is 0.361. The lowest BCUT2D eigenvalue weighted by molar-refractivity contribution is -0.353. The molecule has 78 valence electrons. The van der Waals surface area contributed by atoms with E-state index in [9.17, 15) is 4.79 Å². The molecule has 0 saturated heterocycles. The van der Waals surface area contributed by atoms with Crippen LogP contribution < -0.4 is 11.1 Å². The van der Waals surface area contributed by atoms with Gasteiger partial charge in [-0.25, -0.2) is 4.79 Å². The molecule has 0 radical (unpaired) electrons.